The lowest BCUT2D eigenvalue weighted by Gasteiger charge is -2.09. The summed E-state index contributed by atoms with van der Waals surface area (Å²) < 4.78 is 10.5. The van der Waals surface area contributed by atoms with Crippen LogP contribution in [0, 0.1) is 5.92 Å². The molecule has 0 saturated carbocycles. The summed E-state index contributed by atoms with van der Waals surface area (Å²) in [5.41, 5.74) is 1.20. The Bertz CT molecular complexity index is 532. The summed E-state index contributed by atoms with van der Waals surface area (Å²) in [5, 5.41) is 2.74. The van der Waals surface area contributed by atoms with Gasteiger partial charge in [0.15, 0.2) is 0 Å². The van der Waals surface area contributed by atoms with Gasteiger partial charge in [0.1, 0.15) is 12.0 Å². The van der Waals surface area contributed by atoms with Crippen LogP contribution in [0.2, 0.25) is 0 Å². The quantitative estimate of drug-likeness (QED) is 0.893. The summed E-state index contributed by atoms with van der Waals surface area (Å²) in [6.45, 7) is 4.79. The molecule has 2 aromatic rings. The van der Waals surface area contributed by atoms with Crippen LogP contribution in [0.3, 0.4) is 0 Å². The molecule has 0 radical (unpaired) electrons. The molecular formula is C15H17NO3. The number of carbonyl (C=O) groups is 1. The van der Waals surface area contributed by atoms with Gasteiger partial charge >= 0.3 is 0 Å². The van der Waals surface area contributed by atoms with Crippen LogP contribution in [0.1, 0.15) is 24.2 Å². The van der Waals surface area contributed by atoms with Crippen LogP contribution < -0.4 is 10.1 Å². The molecule has 0 atom stereocenters. The molecule has 1 heterocycles. The molecule has 0 aliphatic heterocycles. The molecule has 0 fully saturated rings. The Morgan fingerprint density at radius 3 is 2.89 bits per heavy atom. The lowest BCUT2D eigenvalue weighted by Crippen LogP contribution is -2.11. The second-order valence-corrected chi connectivity index (χ2v) is 4.70. The van der Waals surface area contributed by atoms with E-state index in [2.05, 4.69) is 19.2 Å². The molecule has 1 amide bonds. The van der Waals surface area contributed by atoms with Gasteiger partial charge in [-0.3, -0.25) is 4.79 Å². The van der Waals surface area contributed by atoms with Gasteiger partial charge in [-0.25, -0.2) is 0 Å². The van der Waals surface area contributed by atoms with Crippen LogP contribution >= 0.6 is 0 Å². The normalized spacial score (nSPS) is 10.5. The topological polar surface area (TPSA) is 51.5 Å². The first-order valence-corrected chi connectivity index (χ1v) is 6.21. The SMILES string of the molecule is CC(C)COc1cccc(C(=O)Nc2ccoc2)c1. The van der Waals surface area contributed by atoms with E-state index in [4.69, 9.17) is 9.15 Å². The molecule has 0 aliphatic rings. The highest BCUT2D eigenvalue weighted by molar-refractivity contribution is 6.04. The van der Waals surface area contributed by atoms with Gasteiger partial charge < -0.3 is 14.5 Å². The largest absolute Gasteiger partial charge is 0.493 e. The number of anilines is 1. The molecule has 0 bridgehead atoms. The molecule has 100 valence electrons. The number of carbonyl (C=O) groups excluding carboxylic acids is 1. The van der Waals surface area contributed by atoms with Gasteiger partial charge in [-0.1, -0.05) is 19.9 Å². The van der Waals surface area contributed by atoms with E-state index in [1.807, 2.05) is 6.07 Å². The molecule has 4 heteroatoms. The lowest BCUT2D eigenvalue weighted by atomic mass is 10.2. The van der Waals surface area contributed by atoms with Crippen molar-refractivity contribution in [1.29, 1.82) is 0 Å². The predicted octanol–water partition coefficient (Wildman–Crippen LogP) is 3.57. The molecule has 0 saturated heterocycles. The second-order valence-electron chi connectivity index (χ2n) is 4.70. The molecular weight excluding hydrogens is 242 g/mol. The van der Waals surface area contributed by atoms with Crippen LogP contribution in [-0.4, -0.2) is 12.5 Å². The number of amides is 1. The minimum absolute atomic E-state index is 0.184. The van der Waals surface area contributed by atoms with Crippen molar-refractivity contribution < 1.29 is 13.9 Å². The van der Waals surface area contributed by atoms with Crippen LogP contribution in [-0.2, 0) is 0 Å². The van der Waals surface area contributed by atoms with Crippen molar-refractivity contribution in [3.8, 4) is 5.75 Å². The van der Waals surface area contributed by atoms with Crippen molar-refractivity contribution in [3.63, 3.8) is 0 Å². The summed E-state index contributed by atoms with van der Waals surface area (Å²) in [4.78, 5) is 12.0. The number of hydrogen-bond acceptors (Lipinski definition) is 3. The zero-order valence-corrected chi connectivity index (χ0v) is 11.1. The Kier molecular flexibility index (Phi) is 4.23. The first-order valence-electron chi connectivity index (χ1n) is 6.21. The van der Waals surface area contributed by atoms with E-state index in [-0.39, 0.29) is 5.91 Å². The Morgan fingerprint density at radius 2 is 2.21 bits per heavy atom. The number of rotatable bonds is 5. The van der Waals surface area contributed by atoms with E-state index in [0.29, 0.717) is 29.5 Å². The average Bonchev–Trinajstić information content (AvgIpc) is 2.89. The summed E-state index contributed by atoms with van der Waals surface area (Å²) >= 11 is 0. The smallest absolute Gasteiger partial charge is 0.255 e. The molecule has 1 aromatic carbocycles. The van der Waals surface area contributed by atoms with Crippen molar-refractivity contribution >= 4 is 11.6 Å². The van der Waals surface area contributed by atoms with E-state index in [9.17, 15) is 4.79 Å². The standard InChI is InChI=1S/C15H17NO3/c1-11(2)9-19-14-5-3-4-12(8-14)15(17)16-13-6-7-18-10-13/h3-8,10-11H,9H2,1-2H3,(H,16,17). The number of furan rings is 1. The molecule has 0 spiro atoms. The number of hydrogen-bond donors (Lipinski definition) is 1. The minimum atomic E-state index is -0.184. The van der Waals surface area contributed by atoms with Crippen LogP contribution in [0.25, 0.3) is 0 Å². The van der Waals surface area contributed by atoms with E-state index in [1.54, 1.807) is 24.3 Å². The van der Waals surface area contributed by atoms with E-state index in [1.165, 1.54) is 12.5 Å². The molecule has 19 heavy (non-hydrogen) atoms. The van der Waals surface area contributed by atoms with Gasteiger partial charge in [0.25, 0.3) is 5.91 Å². The highest BCUT2D eigenvalue weighted by Gasteiger charge is 2.08. The predicted molar refractivity (Wildman–Crippen MR) is 73.4 cm³/mol. The zero-order valence-electron chi connectivity index (χ0n) is 11.1. The first-order chi connectivity index (χ1) is 9.15. The maximum absolute atomic E-state index is 12.0. The van der Waals surface area contributed by atoms with Crippen LogP contribution in [0.15, 0.2) is 47.3 Å². The summed E-state index contributed by atoms with van der Waals surface area (Å²) in [7, 11) is 0. The van der Waals surface area contributed by atoms with E-state index < -0.39 is 0 Å². The average molecular weight is 259 g/mol. The van der Waals surface area contributed by atoms with Crippen molar-refractivity contribution in [2.75, 3.05) is 11.9 Å². The molecule has 4 nitrogen and oxygen atoms in total. The molecule has 1 N–H and O–H groups in total. The number of benzene rings is 1. The molecule has 1 aromatic heterocycles. The van der Waals surface area contributed by atoms with Gasteiger partial charge in [0, 0.05) is 5.56 Å². The van der Waals surface area contributed by atoms with Crippen LogP contribution in [0.4, 0.5) is 5.69 Å². The summed E-state index contributed by atoms with van der Waals surface area (Å²) in [6, 6.07) is 8.82. The van der Waals surface area contributed by atoms with E-state index in [0.717, 1.165) is 0 Å². The van der Waals surface area contributed by atoms with E-state index >= 15 is 0 Å². The maximum atomic E-state index is 12.0. The van der Waals surface area contributed by atoms with Crippen molar-refractivity contribution in [1.82, 2.24) is 0 Å². The monoisotopic (exact) mass is 259 g/mol. The maximum Gasteiger partial charge on any atom is 0.255 e. The van der Waals surface area contributed by atoms with Crippen molar-refractivity contribution in [3.05, 3.63) is 48.4 Å². The van der Waals surface area contributed by atoms with Gasteiger partial charge in [0.2, 0.25) is 0 Å². The highest BCUT2D eigenvalue weighted by Crippen LogP contribution is 2.16. The fourth-order valence-corrected chi connectivity index (χ4v) is 1.53. The number of nitrogens with one attached hydrogen (secondary N) is 1. The minimum Gasteiger partial charge on any atom is -0.493 e. The van der Waals surface area contributed by atoms with Gasteiger partial charge in [0.05, 0.1) is 18.6 Å². The second kappa shape index (κ2) is 6.09. The van der Waals surface area contributed by atoms with Gasteiger partial charge in [-0.05, 0) is 30.2 Å². The molecule has 0 unspecified atom stereocenters. The van der Waals surface area contributed by atoms with Crippen molar-refractivity contribution in [2.45, 2.75) is 13.8 Å². The van der Waals surface area contributed by atoms with Crippen LogP contribution in [0.5, 0.6) is 5.75 Å². The molecule has 0 aliphatic carbocycles. The fourth-order valence-electron chi connectivity index (χ4n) is 1.53. The fraction of sp³-hybridized carbons (Fsp3) is 0.267. The Hall–Kier alpha value is -2.23. The molecule has 2 rings (SSSR count). The zero-order chi connectivity index (χ0) is 13.7. The van der Waals surface area contributed by atoms with Gasteiger partial charge in [-0.15, -0.1) is 0 Å². The van der Waals surface area contributed by atoms with Gasteiger partial charge in [-0.2, -0.15) is 0 Å². The third kappa shape index (κ3) is 3.88. The van der Waals surface area contributed by atoms with Crippen molar-refractivity contribution in [2.24, 2.45) is 5.92 Å². The third-order valence-corrected chi connectivity index (χ3v) is 2.46. The Morgan fingerprint density at radius 1 is 1.37 bits per heavy atom. The lowest BCUT2D eigenvalue weighted by molar-refractivity contribution is 0.102. The summed E-state index contributed by atoms with van der Waals surface area (Å²) in [6.07, 6.45) is 2.99. The Labute approximate surface area is 112 Å². The Balaban J connectivity index is 2.03. The first kappa shape index (κ1) is 13.2. The highest BCUT2D eigenvalue weighted by atomic mass is 16.5. The third-order valence-electron chi connectivity index (χ3n) is 2.46. The summed E-state index contributed by atoms with van der Waals surface area (Å²) in [5.74, 6) is 0.966. The number of ether oxygens (including phenoxy) is 1.